The molecule has 0 fully saturated rings. The number of ether oxygens (including phenoxy) is 1. The maximum absolute atomic E-state index is 11.9. The van der Waals surface area contributed by atoms with Crippen LogP contribution in [-0.4, -0.2) is 18.8 Å². The monoisotopic (exact) mass is 235 g/mol. The zero-order chi connectivity index (χ0) is 13.0. The zero-order valence-corrected chi connectivity index (χ0v) is 10.4. The number of methoxy groups -OCH3 is 1. The number of carbonyl (C=O) groups is 2. The molecule has 1 amide bonds. The van der Waals surface area contributed by atoms with Crippen molar-refractivity contribution in [2.45, 2.75) is 26.7 Å². The lowest BCUT2D eigenvalue weighted by Crippen LogP contribution is -2.13. The summed E-state index contributed by atoms with van der Waals surface area (Å²) in [6, 6.07) is 3.62. The molecule has 0 aromatic heterocycles. The first-order valence-electron chi connectivity index (χ1n) is 5.42. The molecule has 0 atom stereocenters. The van der Waals surface area contributed by atoms with Crippen molar-refractivity contribution < 1.29 is 14.3 Å². The predicted molar refractivity (Wildman–Crippen MR) is 65.2 cm³/mol. The van der Waals surface area contributed by atoms with Crippen molar-refractivity contribution in [2.75, 3.05) is 7.11 Å². The van der Waals surface area contributed by atoms with E-state index in [1.54, 1.807) is 6.07 Å². The molecular formula is C13H17NO3. The number of ketones is 1. The van der Waals surface area contributed by atoms with Gasteiger partial charge in [0.15, 0.2) is 5.78 Å². The molecule has 0 aliphatic rings. The van der Waals surface area contributed by atoms with Crippen molar-refractivity contribution in [3.63, 3.8) is 0 Å². The number of hydrogen-bond donors (Lipinski definition) is 1. The summed E-state index contributed by atoms with van der Waals surface area (Å²) in [6.45, 7) is 3.88. The molecule has 17 heavy (non-hydrogen) atoms. The summed E-state index contributed by atoms with van der Waals surface area (Å²) in [5.74, 6) is -0.0486. The van der Waals surface area contributed by atoms with Crippen molar-refractivity contribution in [3.05, 3.63) is 28.8 Å². The Labute approximate surface area is 101 Å². The summed E-state index contributed by atoms with van der Waals surface area (Å²) in [7, 11) is 1.52. The van der Waals surface area contributed by atoms with Gasteiger partial charge in [-0.25, -0.2) is 0 Å². The van der Waals surface area contributed by atoms with Gasteiger partial charge in [-0.3, -0.25) is 9.59 Å². The van der Waals surface area contributed by atoms with E-state index in [0.29, 0.717) is 11.3 Å². The van der Waals surface area contributed by atoms with Gasteiger partial charge in [0.1, 0.15) is 5.75 Å². The minimum absolute atomic E-state index is 0.0644. The van der Waals surface area contributed by atoms with Crippen LogP contribution in [0.4, 0.5) is 0 Å². The zero-order valence-electron chi connectivity index (χ0n) is 10.4. The smallest absolute Gasteiger partial charge is 0.217 e. The summed E-state index contributed by atoms with van der Waals surface area (Å²) in [5.41, 5.74) is 7.62. The summed E-state index contributed by atoms with van der Waals surface area (Å²) in [6.07, 6.45) is 0.184. The van der Waals surface area contributed by atoms with Crippen LogP contribution in [0.1, 0.15) is 34.3 Å². The highest BCUT2D eigenvalue weighted by Crippen LogP contribution is 2.24. The molecule has 92 valence electrons. The van der Waals surface area contributed by atoms with Crippen molar-refractivity contribution in [3.8, 4) is 5.75 Å². The second-order valence-corrected chi connectivity index (χ2v) is 4.03. The third-order valence-corrected chi connectivity index (χ3v) is 2.71. The minimum atomic E-state index is -0.471. The van der Waals surface area contributed by atoms with Gasteiger partial charge in [0.25, 0.3) is 0 Å². The van der Waals surface area contributed by atoms with E-state index in [1.807, 2.05) is 19.9 Å². The Hall–Kier alpha value is -1.84. The molecule has 0 saturated carbocycles. The molecule has 0 aliphatic carbocycles. The van der Waals surface area contributed by atoms with Crippen LogP contribution in [-0.2, 0) is 4.79 Å². The van der Waals surface area contributed by atoms with Crippen LogP contribution in [0.5, 0.6) is 5.75 Å². The van der Waals surface area contributed by atoms with E-state index < -0.39 is 5.91 Å². The van der Waals surface area contributed by atoms with E-state index >= 15 is 0 Å². The fourth-order valence-electron chi connectivity index (χ4n) is 1.55. The maximum Gasteiger partial charge on any atom is 0.217 e. The van der Waals surface area contributed by atoms with E-state index in [1.165, 1.54) is 7.11 Å². The van der Waals surface area contributed by atoms with E-state index in [-0.39, 0.29) is 18.6 Å². The lowest BCUT2D eigenvalue weighted by molar-refractivity contribution is -0.118. The Morgan fingerprint density at radius 3 is 2.29 bits per heavy atom. The number of amides is 1. The number of carbonyl (C=O) groups excluding carboxylic acids is 2. The third kappa shape index (κ3) is 3.31. The molecule has 4 nitrogen and oxygen atoms in total. The van der Waals surface area contributed by atoms with Crippen LogP contribution in [0.2, 0.25) is 0 Å². The molecule has 0 unspecified atom stereocenters. The quantitative estimate of drug-likeness (QED) is 0.790. The van der Waals surface area contributed by atoms with Gasteiger partial charge in [-0.15, -0.1) is 0 Å². The first-order chi connectivity index (χ1) is 7.95. The lowest BCUT2D eigenvalue weighted by Gasteiger charge is -2.10. The highest BCUT2D eigenvalue weighted by molar-refractivity contribution is 6.00. The number of nitrogens with two attached hydrogens (primary N) is 1. The van der Waals surface area contributed by atoms with Crippen LogP contribution < -0.4 is 10.5 Å². The minimum Gasteiger partial charge on any atom is -0.496 e. The van der Waals surface area contributed by atoms with Crippen LogP contribution in [0.15, 0.2) is 12.1 Å². The van der Waals surface area contributed by atoms with Crippen LogP contribution >= 0.6 is 0 Å². The Morgan fingerprint density at radius 1 is 1.18 bits per heavy atom. The molecule has 1 aromatic carbocycles. The molecule has 0 radical (unpaired) electrons. The molecule has 1 rings (SSSR count). The highest BCUT2D eigenvalue weighted by atomic mass is 16.5. The lowest BCUT2D eigenvalue weighted by atomic mass is 10.00. The molecule has 0 saturated heterocycles. The standard InChI is InChI=1S/C13H17NO3/c1-8-6-10(11(15)4-5-13(14)16)12(17-3)7-9(8)2/h6-7H,4-5H2,1-3H3,(H2,14,16). The SMILES string of the molecule is COc1cc(C)c(C)cc1C(=O)CCC(N)=O. The van der Waals surface area contributed by atoms with Gasteiger partial charge in [-0.2, -0.15) is 0 Å². The fourth-order valence-corrected chi connectivity index (χ4v) is 1.55. The molecule has 4 heteroatoms. The van der Waals surface area contributed by atoms with E-state index in [2.05, 4.69) is 0 Å². The van der Waals surface area contributed by atoms with Crippen LogP contribution in [0.3, 0.4) is 0 Å². The molecule has 0 spiro atoms. The normalized spacial score (nSPS) is 10.1. The number of hydrogen-bond acceptors (Lipinski definition) is 3. The third-order valence-electron chi connectivity index (χ3n) is 2.71. The van der Waals surface area contributed by atoms with Crippen LogP contribution in [0.25, 0.3) is 0 Å². The molecule has 0 heterocycles. The Bertz CT molecular complexity index is 452. The molecule has 2 N–H and O–H groups in total. The maximum atomic E-state index is 11.9. The van der Waals surface area contributed by atoms with Gasteiger partial charge >= 0.3 is 0 Å². The number of Topliss-reactive ketones (excluding diaryl/α,β-unsaturated/α-hetero) is 1. The molecule has 1 aromatic rings. The number of primary amides is 1. The average Bonchev–Trinajstić information content (AvgIpc) is 2.28. The van der Waals surface area contributed by atoms with E-state index in [9.17, 15) is 9.59 Å². The summed E-state index contributed by atoms with van der Waals surface area (Å²) >= 11 is 0. The topological polar surface area (TPSA) is 69.4 Å². The molecule has 0 bridgehead atoms. The number of rotatable bonds is 5. The van der Waals surface area contributed by atoms with Crippen LogP contribution in [0, 0.1) is 13.8 Å². The van der Waals surface area contributed by atoms with Crippen molar-refractivity contribution in [1.82, 2.24) is 0 Å². The number of aryl methyl sites for hydroxylation is 2. The van der Waals surface area contributed by atoms with Gasteiger partial charge < -0.3 is 10.5 Å². The van der Waals surface area contributed by atoms with E-state index in [0.717, 1.165) is 11.1 Å². The summed E-state index contributed by atoms with van der Waals surface area (Å²) in [4.78, 5) is 22.6. The number of benzene rings is 1. The van der Waals surface area contributed by atoms with Crippen molar-refractivity contribution in [1.29, 1.82) is 0 Å². The predicted octanol–water partition coefficient (Wildman–Crippen LogP) is 1.76. The van der Waals surface area contributed by atoms with E-state index in [4.69, 9.17) is 10.5 Å². The first kappa shape index (κ1) is 13.2. The average molecular weight is 235 g/mol. The molecule has 0 aliphatic heterocycles. The van der Waals surface area contributed by atoms with Crippen molar-refractivity contribution in [2.24, 2.45) is 5.73 Å². The second kappa shape index (κ2) is 5.48. The Balaban J connectivity index is 2.99. The van der Waals surface area contributed by atoms with Gasteiger partial charge in [0, 0.05) is 12.8 Å². The summed E-state index contributed by atoms with van der Waals surface area (Å²) < 4.78 is 5.17. The largest absolute Gasteiger partial charge is 0.496 e. The Morgan fingerprint density at radius 2 is 1.76 bits per heavy atom. The van der Waals surface area contributed by atoms with Gasteiger partial charge in [0.05, 0.1) is 12.7 Å². The fraction of sp³-hybridized carbons (Fsp3) is 0.385. The van der Waals surface area contributed by atoms with Gasteiger partial charge in [-0.05, 0) is 37.1 Å². The molecular weight excluding hydrogens is 218 g/mol. The van der Waals surface area contributed by atoms with Gasteiger partial charge in [-0.1, -0.05) is 0 Å². The second-order valence-electron chi connectivity index (χ2n) is 4.03. The first-order valence-corrected chi connectivity index (χ1v) is 5.42. The highest BCUT2D eigenvalue weighted by Gasteiger charge is 2.14. The Kier molecular flexibility index (Phi) is 4.26. The van der Waals surface area contributed by atoms with Crippen molar-refractivity contribution >= 4 is 11.7 Å². The summed E-state index contributed by atoms with van der Waals surface area (Å²) in [5, 5.41) is 0. The van der Waals surface area contributed by atoms with Gasteiger partial charge in [0.2, 0.25) is 5.91 Å².